The maximum absolute atomic E-state index is 10.7. The minimum Gasteiger partial charge on any atom is -0.489 e. The van der Waals surface area contributed by atoms with Gasteiger partial charge in [0.1, 0.15) is 1.12 Å². The second-order valence-corrected chi connectivity index (χ2v) is 1.54. The Morgan fingerprint density at radius 1 is 2.00 bits per heavy atom. The van der Waals surface area contributed by atoms with Crippen LogP contribution in [0.5, 0.6) is 0 Å². The summed E-state index contributed by atoms with van der Waals surface area (Å²) in [5.41, 5.74) is 1.93. The highest BCUT2D eigenvalue weighted by Crippen LogP contribution is 1.92. The van der Waals surface area contributed by atoms with Crippen molar-refractivity contribution in [2.75, 3.05) is 6.61 Å². The van der Waals surface area contributed by atoms with Gasteiger partial charge < -0.3 is 4.74 Å². The summed E-state index contributed by atoms with van der Waals surface area (Å²) in [5.74, 6) is -0.604. The zero-order chi connectivity index (χ0) is 8.69. The highest BCUT2D eigenvalue weighted by Gasteiger charge is 2.05. The molecule has 0 rings (SSSR count). The molecule has 0 spiro atoms. The second kappa shape index (κ2) is 5.13. The fourth-order valence-electron chi connectivity index (χ4n) is 0.335. The van der Waals surface area contributed by atoms with Crippen LogP contribution in [0.25, 0.3) is 0 Å². The number of thiol groups is 1. The average Bonchev–Trinajstić information content (AvgIpc) is 2.00. The summed E-state index contributed by atoms with van der Waals surface area (Å²) in [7, 11) is 0. The molecule has 0 fully saturated rings. The molecular weight excluding hydrogens is 154 g/mol. The minimum absolute atomic E-state index is 0.0263. The first-order valence-electron chi connectivity index (χ1n) is 3.04. The van der Waals surface area contributed by atoms with Crippen molar-refractivity contribution in [1.29, 1.82) is 1.12 Å². The molecule has 0 aliphatic rings. The van der Waals surface area contributed by atoms with Gasteiger partial charge in [-0.3, -0.25) is 4.79 Å². The van der Waals surface area contributed by atoms with E-state index < -0.39 is 5.91 Å². The van der Waals surface area contributed by atoms with Crippen LogP contribution < -0.4 is 5.48 Å². The first-order valence-corrected chi connectivity index (χ1v) is 2.96. The molecule has 58 valence electrons. The lowest BCUT2D eigenvalue weighted by Crippen LogP contribution is -2.22. The maximum Gasteiger partial charge on any atom is 0.310 e. The van der Waals surface area contributed by atoms with Crippen molar-refractivity contribution in [3.8, 4) is 0 Å². The molecule has 1 N–H and O–H groups in total. The van der Waals surface area contributed by atoms with Crippen molar-refractivity contribution in [2.24, 2.45) is 0 Å². The molecule has 0 saturated heterocycles. The van der Waals surface area contributed by atoms with Gasteiger partial charge in [0.15, 0.2) is 5.76 Å². The van der Waals surface area contributed by atoms with Gasteiger partial charge in [0.25, 0.3) is 0 Å². The van der Waals surface area contributed by atoms with Crippen molar-refractivity contribution in [3.63, 3.8) is 0 Å². The molecule has 0 unspecified atom stereocenters. The Morgan fingerprint density at radius 2 is 2.70 bits per heavy atom. The van der Waals surface area contributed by atoms with Crippen molar-refractivity contribution < 1.29 is 13.8 Å². The van der Waals surface area contributed by atoms with Crippen molar-refractivity contribution in [3.05, 3.63) is 12.3 Å². The van der Waals surface area contributed by atoms with Gasteiger partial charge in [0, 0.05) is 12.8 Å². The number of ether oxygens (including phenoxy) is 1. The molecule has 1 amide bonds. The largest absolute Gasteiger partial charge is 0.489 e. The molecule has 0 aromatic heterocycles. The van der Waals surface area contributed by atoms with Crippen LogP contribution in [-0.2, 0) is 13.8 Å². The molecule has 10 heavy (non-hydrogen) atoms. The quantitative estimate of drug-likeness (QED) is 0.204. The summed E-state index contributed by atoms with van der Waals surface area (Å²) in [6.07, 6.45) is 0. The summed E-state index contributed by atoms with van der Waals surface area (Å²) in [4.78, 5) is 10.7. The Hall–Kier alpha value is -0.680. The monoisotopic (exact) mass is 165 g/mol. The van der Waals surface area contributed by atoms with E-state index in [0.29, 0.717) is 6.61 Å². The van der Waals surface area contributed by atoms with Crippen LogP contribution in [0.4, 0.5) is 0 Å². The molecule has 0 atom stereocenters. The molecule has 0 aromatic rings. The molecule has 5 heteroatoms. The number of nitrogens with one attached hydrogen (secondary N) is 1. The second-order valence-electron chi connectivity index (χ2n) is 1.37. The van der Waals surface area contributed by atoms with Crippen LogP contribution in [0.1, 0.15) is 6.92 Å². The van der Waals surface area contributed by atoms with Crippen LogP contribution >= 0.6 is 12.8 Å². The van der Waals surface area contributed by atoms with Crippen LogP contribution in [-0.4, -0.2) is 13.6 Å². The number of hydrogen-bond acceptors (Lipinski definition) is 4. The van der Waals surface area contributed by atoms with Crippen molar-refractivity contribution in [2.45, 2.75) is 6.92 Å². The normalized spacial score (nSPS) is 9.90. The molecular formula is C5H9NO3S. The summed E-state index contributed by atoms with van der Waals surface area (Å²) in [6.45, 7) is 5.42. The Labute approximate surface area is 65.9 Å². The van der Waals surface area contributed by atoms with Gasteiger partial charge in [-0.2, -0.15) is 0 Å². The average molecular weight is 165 g/mol. The zero-order valence-electron chi connectivity index (χ0n) is 6.55. The number of carbonyl (C=O) groups is 1. The van der Waals surface area contributed by atoms with Gasteiger partial charge in [-0.15, -0.1) is 0 Å². The topological polar surface area (TPSA) is 47.6 Å². The predicted molar refractivity (Wildman–Crippen MR) is 39.0 cm³/mol. The molecule has 0 heterocycles. The minimum atomic E-state index is -0.577. The smallest absolute Gasteiger partial charge is 0.310 e. The van der Waals surface area contributed by atoms with E-state index >= 15 is 0 Å². The highest BCUT2D eigenvalue weighted by atomic mass is 32.1. The molecule has 0 aromatic carbocycles. The van der Waals surface area contributed by atoms with Gasteiger partial charge >= 0.3 is 5.91 Å². The molecule has 0 radical (unpaired) electrons. The van der Waals surface area contributed by atoms with E-state index in [9.17, 15) is 4.79 Å². The van der Waals surface area contributed by atoms with E-state index in [1.807, 2.05) is 5.48 Å². The van der Waals surface area contributed by atoms with E-state index in [1.165, 1.54) is 0 Å². The number of carbonyl (C=O) groups excluding carboxylic acids is 1. The first kappa shape index (κ1) is 7.43. The van der Waals surface area contributed by atoms with Gasteiger partial charge in [0.05, 0.1) is 6.61 Å². The van der Waals surface area contributed by atoms with Crippen LogP contribution in [0.15, 0.2) is 12.3 Å². The van der Waals surface area contributed by atoms with Gasteiger partial charge in [-0.05, 0) is 6.92 Å². The van der Waals surface area contributed by atoms with Crippen LogP contribution in [0.3, 0.4) is 0 Å². The Kier molecular flexibility index (Phi) is 3.81. The molecule has 0 aliphatic heterocycles. The van der Waals surface area contributed by atoms with E-state index in [4.69, 9.17) is 5.86 Å². The third-order valence-corrected chi connectivity index (χ3v) is 0.790. The number of amides is 1. The van der Waals surface area contributed by atoms with Crippen molar-refractivity contribution in [1.82, 2.24) is 5.48 Å². The lowest BCUT2D eigenvalue weighted by atomic mass is 10.5. The fourth-order valence-corrected chi connectivity index (χ4v) is 0.410. The number of hydrogen-bond donors (Lipinski definition) is 2. The molecule has 4 nitrogen and oxygen atoms in total. The summed E-state index contributed by atoms with van der Waals surface area (Å²) < 4.78 is 15.4. The lowest BCUT2D eigenvalue weighted by molar-refractivity contribution is -0.126. The predicted octanol–water partition coefficient (Wildman–Crippen LogP) is 0.429. The third-order valence-electron chi connectivity index (χ3n) is 0.706. The Balaban J connectivity index is 3.56. The van der Waals surface area contributed by atoms with Crippen LogP contribution in [0, 0.1) is 0 Å². The fraction of sp³-hybridized carbons (Fsp3) is 0.400. The van der Waals surface area contributed by atoms with E-state index in [2.05, 4.69) is 10.9 Å². The SMILES string of the molecule is [3H]SONC(=O)C(=C)OCC. The summed E-state index contributed by atoms with van der Waals surface area (Å²) in [6, 6.07) is 0. The van der Waals surface area contributed by atoms with Gasteiger partial charge in [0.2, 0.25) is 0 Å². The third kappa shape index (κ3) is 3.37. The summed E-state index contributed by atoms with van der Waals surface area (Å²) in [5, 5.41) is 0. The van der Waals surface area contributed by atoms with E-state index in [1.54, 1.807) is 6.92 Å². The molecule has 0 aliphatic carbocycles. The standard InChI is InChI=1S/C5H9NO3S/c1-3-8-4(2)5(7)6-9-10/h10H,2-3H2,1H3,(H,6,7)/i/hT. The summed E-state index contributed by atoms with van der Waals surface area (Å²) >= 11 is 0.287. The first-order chi connectivity index (χ1) is 5.22. The number of rotatable bonds is 5. The highest BCUT2D eigenvalue weighted by molar-refractivity contribution is 7.75. The Bertz CT molecular complexity index is 153. The van der Waals surface area contributed by atoms with E-state index in [0.717, 1.165) is 0 Å². The Morgan fingerprint density at radius 3 is 3.20 bits per heavy atom. The zero-order valence-corrected chi connectivity index (χ0v) is 6.36. The molecule has 0 saturated carbocycles. The van der Waals surface area contributed by atoms with Gasteiger partial charge in [-0.1, -0.05) is 6.58 Å². The van der Waals surface area contributed by atoms with Crippen molar-refractivity contribution >= 4 is 18.7 Å². The van der Waals surface area contributed by atoms with Gasteiger partial charge in [-0.25, -0.2) is 9.76 Å². The molecule has 0 bridgehead atoms. The maximum atomic E-state index is 10.7. The van der Waals surface area contributed by atoms with Crippen LogP contribution in [0.2, 0.25) is 0 Å². The number of hydroxylamine groups is 1. The van der Waals surface area contributed by atoms with E-state index in [-0.39, 0.29) is 18.6 Å². The lowest BCUT2D eigenvalue weighted by Gasteiger charge is -2.03.